The van der Waals surface area contributed by atoms with Crippen LogP contribution in [0.1, 0.15) is 12.0 Å². The fourth-order valence-electron chi connectivity index (χ4n) is 3.01. The molecule has 3 heterocycles. The Labute approximate surface area is 136 Å². The summed E-state index contributed by atoms with van der Waals surface area (Å²) in [5.41, 5.74) is 1.16. The molecule has 23 heavy (non-hydrogen) atoms. The van der Waals surface area contributed by atoms with E-state index in [1.807, 2.05) is 18.3 Å². The van der Waals surface area contributed by atoms with Gasteiger partial charge in [-0.25, -0.2) is 8.42 Å². The minimum absolute atomic E-state index is 0.0295. The highest BCUT2D eigenvalue weighted by Gasteiger charge is 2.34. The van der Waals surface area contributed by atoms with E-state index in [0.717, 1.165) is 25.1 Å². The second-order valence-electron chi connectivity index (χ2n) is 6.01. The Morgan fingerprint density at radius 2 is 2.26 bits per heavy atom. The van der Waals surface area contributed by atoms with Gasteiger partial charge < -0.3 is 9.32 Å². The summed E-state index contributed by atoms with van der Waals surface area (Å²) < 4.78 is 31.4. The molecule has 0 unspecified atom stereocenters. The molecule has 1 aliphatic rings. The predicted molar refractivity (Wildman–Crippen MR) is 86.1 cm³/mol. The van der Waals surface area contributed by atoms with E-state index in [9.17, 15) is 8.42 Å². The van der Waals surface area contributed by atoms with Crippen molar-refractivity contribution in [1.29, 1.82) is 0 Å². The van der Waals surface area contributed by atoms with Crippen LogP contribution in [0.4, 0.5) is 0 Å². The summed E-state index contributed by atoms with van der Waals surface area (Å²) in [5, 5.41) is 0.0295. The standard InChI is InChI=1S/C16H21N3O3S/c1-18(11-14-4-2-7-17-10-14)12-15-6-8-19(13-15)23(20,21)16-5-3-9-22-16/h2-5,7,9-10,15H,6,8,11-13H2,1H3/t15-/m0/s1. The first-order valence-corrected chi connectivity index (χ1v) is 9.11. The highest BCUT2D eigenvalue weighted by Crippen LogP contribution is 2.25. The highest BCUT2D eigenvalue weighted by molar-refractivity contribution is 7.89. The average Bonchev–Trinajstić information content (AvgIpc) is 3.20. The van der Waals surface area contributed by atoms with Crippen LogP contribution in [-0.4, -0.2) is 49.3 Å². The normalized spacial score (nSPS) is 19.5. The van der Waals surface area contributed by atoms with Crippen LogP contribution in [0.25, 0.3) is 0 Å². The van der Waals surface area contributed by atoms with Crippen molar-refractivity contribution in [2.75, 3.05) is 26.7 Å². The second kappa shape index (κ2) is 6.82. The third kappa shape index (κ3) is 3.80. The minimum atomic E-state index is -3.48. The third-order valence-electron chi connectivity index (χ3n) is 4.08. The number of sulfonamides is 1. The van der Waals surface area contributed by atoms with Gasteiger partial charge in [-0.05, 0) is 43.1 Å². The minimum Gasteiger partial charge on any atom is -0.452 e. The van der Waals surface area contributed by atoms with Crippen LogP contribution in [0.5, 0.6) is 0 Å². The summed E-state index contributed by atoms with van der Waals surface area (Å²) >= 11 is 0. The van der Waals surface area contributed by atoms with Gasteiger partial charge in [-0.3, -0.25) is 4.98 Å². The molecule has 2 aromatic heterocycles. The predicted octanol–water partition coefficient (Wildman–Crippen LogP) is 1.82. The van der Waals surface area contributed by atoms with Gasteiger partial charge in [-0.2, -0.15) is 4.31 Å². The van der Waals surface area contributed by atoms with Crippen molar-refractivity contribution in [1.82, 2.24) is 14.2 Å². The molecule has 0 radical (unpaired) electrons. The lowest BCUT2D eigenvalue weighted by Crippen LogP contribution is -2.31. The Balaban J connectivity index is 1.56. The highest BCUT2D eigenvalue weighted by atomic mass is 32.2. The molecule has 124 valence electrons. The van der Waals surface area contributed by atoms with Crippen LogP contribution in [-0.2, 0) is 16.6 Å². The molecule has 7 heteroatoms. The summed E-state index contributed by atoms with van der Waals surface area (Å²) in [5.74, 6) is 0.335. The largest absolute Gasteiger partial charge is 0.452 e. The van der Waals surface area contributed by atoms with Gasteiger partial charge in [-0.15, -0.1) is 0 Å². The van der Waals surface area contributed by atoms with Gasteiger partial charge in [0, 0.05) is 38.6 Å². The average molecular weight is 335 g/mol. The molecule has 1 aliphatic heterocycles. The van der Waals surface area contributed by atoms with Crippen molar-refractivity contribution in [2.45, 2.75) is 18.1 Å². The Hall–Kier alpha value is -1.70. The molecule has 2 aromatic rings. The summed E-state index contributed by atoms with van der Waals surface area (Å²) in [6.07, 6.45) is 5.89. The molecule has 0 amide bonds. The van der Waals surface area contributed by atoms with Crippen molar-refractivity contribution >= 4 is 10.0 Å². The Kier molecular flexibility index (Phi) is 4.79. The van der Waals surface area contributed by atoms with Gasteiger partial charge in [0.25, 0.3) is 10.0 Å². The molecule has 0 bridgehead atoms. The fourth-order valence-corrected chi connectivity index (χ4v) is 4.45. The van der Waals surface area contributed by atoms with Gasteiger partial charge in [-0.1, -0.05) is 6.07 Å². The fraction of sp³-hybridized carbons (Fsp3) is 0.438. The Bertz CT molecular complexity index is 716. The van der Waals surface area contributed by atoms with Gasteiger partial charge in [0.15, 0.2) is 0 Å². The maximum atomic E-state index is 12.4. The van der Waals surface area contributed by atoms with Crippen molar-refractivity contribution in [3.8, 4) is 0 Å². The Morgan fingerprint density at radius 1 is 1.39 bits per heavy atom. The van der Waals surface area contributed by atoms with Crippen molar-refractivity contribution in [3.63, 3.8) is 0 Å². The number of nitrogens with zero attached hydrogens (tertiary/aromatic N) is 3. The second-order valence-corrected chi connectivity index (χ2v) is 7.88. The number of aromatic nitrogens is 1. The molecule has 0 aromatic carbocycles. The zero-order valence-corrected chi connectivity index (χ0v) is 13.9. The lowest BCUT2D eigenvalue weighted by atomic mass is 10.1. The van der Waals surface area contributed by atoms with Crippen LogP contribution in [0, 0.1) is 5.92 Å². The van der Waals surface area contributed by atoms with Crippen LogP contribution in [0.3, 0.4) is 0 Å². The molecule has 1 saturated heterocycles. The third-order valence-corrected chi connectivity index (χ3v) is 5.84. The molecule has 0 saturated carbocycles. The van der Waals surface area contributed by atoms with Crippen LogP contribution < -0.4 is 0 Å². The zero-order valence-electron chi connectivity index (χ0n) is 13.1. The molecular weight excluding hydrogens is 314 g/mol. The molecule has 0 N–H and O–H groups in total. The smallest absolute Gasteiger partial charge is 0.276 e. The maximum Gasteiger partial charge on any atom is 0.276 e. The summed E-state index contributed by atoms with van der Waals surface area (Å²) in [7, 11) is -1.43. The first-order valence-electron chi connectivity index (χ1n) is 7.67. The van der Waals surface area contributed by atoms with Gasteiger partial charge in [0.2, 0.25) is 5.09 Å². The van der Waals surface area contributed by atoms with Gasteiger partial charge in [0.1, 0.15) is 0 Å². The van der Waals surface area contributed by atoms with E-state index in [1.54, 1.807) is 12.3 Å². The first-order chi connectivity index (χ1) is 11.1. The van der Waals surface area contributed by atoms with Gasteiger partial charge in [0.05, 0.1) is 6.26 Å². The monoisotopic (exact) mass is 335 g/mol. The number of hydrogen-bond donors (Lipinski definition) is 0. The first kappa shape index (κ1) is 16.2. The van der Waals surface area contributed by atoms with E-state index >= 15 is 0 Å². The van der Waals surface area contributed by atoms with E-state index in [2.05, 4.69) is 16.9 Å². The molecule has 3 rings (SSSR count). The van der Waals surface area contributed by atoms with Crippen LogP contribution in [0.2, 0.25) is 0 Å². The summed E-state index contributed by atoms with van der Waals surface area (Å²) in [6.45, 7) is 2.77. The molecular formula is C16H21N3O3S. The van der Waals surface area contributed by atoms with Crippen LogP contribution >= 0.6 is 0 Å². The van der Waals surface area contributed by atoms with E-state index in [0.29, 0.717) is 19.0 Å². The number of furan rings is 1. The number of pyridine rings is 1. The molecule has 0 aliphatic carbocycles. The van der Waals surface area contributed by atoms with E-state index in [4.69, 9.17) is 4.42 Å². The summed E-state index contributed by atoms with van der Waals surface area (Å²) in [6, 6.07) is 7.07. The zero-order chi connectivity index (χ0) is 16.3. The molecule has 0 spiro atoms. The number of hydrogen-bond acceptors (Lipinski definition) is 5. The molecule has 1 fully saturated rings. The van der Waals surface area contributed by atoms with E-state index in [-0.39, 0.29) is 5.09 Å². The van der Waals surface area contributed by atoms with E-state index in [1.165, 1.54) is 16.6 Å². The van der Waals surface area contributed by atoms with E-state index < -0.39 is 10.0 Å². The van der Waals surface area contributed by atoms with Crippen molar-refractivity contribution in [3.05, 3.63) is 48.5 Å². The van der Waals surface area contributed by atoms with Crippen molar-refractivity contribution < 1.29 is 12.8 Å². The van der Waals surface area contributed by atoms with Crippen LogP contribution in [0.15, 0.2) is 52.4 Å². The van der Waals surface area contributed by atoms with Crippen molar-refractivity contribution in [2.24, 2.45) is 5.92 Å². The quantitative estimate of drug-likeness (QED) is 0.805. The van der Waals surface area contributed by atoms with Gasteiger partial charge >= 0.3 is 0 Å². The maximum absolute atomic E-state index is 12.4. The molecule has 6 nitrogen and oxygen atoms in total. The number of rotatable bonds is 6. The summed E-state index contributed by atoms with van der Waals surface area (Å²) in [4.78, 5) is 6.33. The lowest BCUT2D eigenvalue weighted by Gasteiger charge is -2.21. The topological polar surface area (TPSA) is 66.7 Å². The molecule has 1 atom stereocenters. The SMILES string of the molecule is CN(Cc1cccnc1)C[C@@H]1CCN(S(=O)(=O)c2ccco2)C1. The Morgan fingerprint density at radius 3 is 2.96 bits per heavy atom. The lowest BCUT2D eigenvalue weighted by molar-refractivity contribution is 0.272.